The highest BCUT2D eigenvalue weighted by molar-refractivity contribution is 7.80. The number of aromatic hydroxyl groups is 1. The van der Waals surface area contributed by atoms with Crippen molar-refractivity contribution in [3.8, 4) is 17.2 Å². The maximum atomic E-state index is 12.2. The minimum absolute atomic E-state index is 0.0341. The molecule has 4 rings (SSSR count). The fourth-order valence-corrected chi connectivity index (χ4v) is 3.44. The highest BCUT2D eigenvalue weighted by atomic mass is 32.1. The molecular formula is C24H21N3O3S. The van der Waals surface area contributed by atoms with Gasteiger partial charge in [-0.3, -0.25) is 4.79 Å². The van der Waals surface area contributed by atoms with E-state index < -0.39 is 0 Å². The largest absolute Gasteiger partial charge is 0.507 e. The van der Waals surface area contributed by atoms with E-state index in [-0.39, 0.29) is 23.2 Å². The predicted molar refractivity (Wildman–Crippen MR) is 125 cm³/mol. The Morgan fingerprint density at radius 3 is 2.65 bits per heavy atom. The topological polar surface area (TPSA) is 87.4 Å². The number of phenolic OH excluding ortho intramolecular Hbond substituents is 1. The molecule has 0 saturated heterocycles. The highest BCUT2D eigenvalue weighted by Crippen LogP contribution is 2.33. The Bertz CT molecular complexity index is 1250. The SMILES string of the molecule is CCc1ccc2oc(-c3cc(NC(=S)NC(=O)Cc4ccccc4)ccc3O)nc2c1. The van der Waals surface area contributed by atoms with Crippen molar-refractivity contribution in [1.82, 2.24) is 10.3 Å². The lowest BCUT2D eigenvalue weighted by Crippen LogP contribution is -2.35. The third-order valence-corrected chi connectivity index (χ3v) is 5.01. The summed E-state index contributed by atoms with van der Waals surface area (Å²) in [4.78, 5) is 16.7. The molecule has 4 aromatic rings. The first-order valence-corrected chi connectivity index (χ1v) is 10.3. The van der Waals surface area contributed by atoms with Gasteiger partial charge in [-0.25, -0.2) is 4.98 Å². The molecule has 0 aliphatic heterocycles. The lowest BCUT2D eigenvalue weighted by molar-refractivity contribution is -0.119. The van der Waals surface area contributed by atoms with E-state index in [9.17, 15) is 9.90 Å². The van der Waals surface area contributed by atoms with Crippen LogP contribution in [0.15, 0.2) is 71.1 Å². The van der Waals surface area contributed by atoms with Gasteiger partial charge in [-0.05, 0) is 60.1 Å². The molecule has 0 bridgehead atoms. The van der Waals surface area contributed by atoms with Gasteiger partial charge in [0.15, 0.2) is 10.7 Å². The molecule has 0 atom stereocenters. The van der Waals surface area contributed by atoms with Gasteiger partial charge in [0.05, 0.1) is 12.0 Å². The Labute approximate surface area is 184 Å². The Kier molecular flexibility index (Phi) is 5.95. The Balaban J connectivity index is 1.48. The Hall–Kier alpha value is -3.71. The zero-order valence-electron chi connectivity index (χ0n) is 16.9. The van der Waals surface area contributed by atoms with Crippen LogP contribution < -0.4 is 10.6 Å². The zero-order chi connectivity index (χ0) is 21.8. The highest BCUT2D eigenvalue weighted by Gasteiger charge is 2.14. The van der Waals surface area contributed by atoms with Crippen LogP contribution in [0.2, 0.25) is 0 Å². The van der Waals surface area contributed by atoms with Crippen molar-refractivity contribution in [2.24, 2.45) is 0 Å². The summed E-state index contributed by atoms with van der Waals surface area (Å²) in [7, 11) is 0. The number of carbonyl (C=O) groups excluding carboxylic acids is 1. The summed E-state index contributed by atoms with van der Waals surface area (Å²) in [6.45, 7) is 2.07. The van der Waals surface area contributed by atoms with E-state index in [4.69, 9.17) is 16.6 Å². The van der Waals surface area contributed by atoms with Crippen LogP contribution in [0.25, 0.3) is 22.6 Å². The molecule has 0 radical (unpaired) electrons. The third kappa shape index (κ3) is 4.90. The van der Waals surface area contributed by atoms with Crippen LogP contribution in [-0.2, 0) is 17.6 Å². The number of carbonyl (C=O) groups is 1. The third-order valence-electron chi connectivity index (χ3n) is 4.81. The number of aryl methyl sites for hydroxylation is 1. The van der Waals surface area contributed by atoms with Gasteiger partial charge in [-0.15, -0.1) is 0 Å². The molecule has 0 fully saturated rings. The molecule has 31 heavy (non-hydrogen) atoms. The average Bonchev–Trinajstić information content (AvgIpc) is 3.18. The van der Waals surface area contributed by atoms with Crippen LogP contribution in [0.3, 0.4) is 0 Å². The molecule has 0 unspecified atom stereocenters. The fraction of sp³-hybridized carbons (Fsp3) is 0.125. The van der Waals surface area contributed by atoms with E-state index in [1.165, 1.54) is 6.07 Å². The second-order valence-corrected chi connectivity index (χ2v) is 7.48. The van der Waals surface area contributed by atoms with Crippen molar-refractivity contribution < 1.29 is 14.3 Å². The summed E-state index contributed by atoms with van der Waals surface area (Å²) in [6, 6.07) is 20.1. The number of phenols is 1. The second kappa shape index (κ2) is 8.97. The molecule has 1 aromatic heterocycles. The summed E-state index contributed by atoms with van der Waals surface area (Å²) < 4.78 is 5.82. The number of thiocarbonyl (C=S) groups is 1. The molecule has 0 spiro atoms. The number of nitrogens with zero attached hydrogens (tertiary/aromatic N) is 1. The zero-order valence-corrected chi connectivity index (χ0v) is 17.7. The maximum Gasteiger partial charge on any atom is 0.231 e. The van der Waals surface area contributed by atoms with Crippen molar-refractivity contribution in [2.45, 2.75) is 19.8 Å². The van der Waals surface area contributed by atoms with Crippen molar-refractivity contribution in [1.29, 1.82) is 0 Å². The maximum absolute atomic E-state index is 12.2. The second-order valence-electron chi connectivity index (χ2n) is 7.07. The van der Waals surface area contributed by atoms with E-state index in [1.54, 1.807) is 12.1 Å². The van der Waals surface area contributed by atoms with Gasteiger partial charge < -0.3 is 20.2 Å². The number of oxazole rings is 1. The first-order valence-electron chi connectivity index (χ1n) is 9.89. The van der Waals surface area contributed by atoms with Gasteiger partial charge in [0.25, 0.3) is 0 Å². The van der Waals surface area contributed by atoms with Gasteiger partial charge in [-0.1, -0.05) is 43.3 Å². The van der Waals surface area contributed by atoms with Crippen LogP contribution in [-0.4, -0.2) is 21.1 Å². The number of amides is 1. The molecule has 1 amide bonds. The van der Waals surface area contributed by atoms with Gasteiger partial charge in [-0.2, -0.15) is 0 Å². The number of anilines is 1. The standard InChI is InChI=1S/C24H21N3O3S/c1-2-15-8-11-21-19(12-15)26-23(30-21)18-14-17(9-10-20(18)28)25-24(31)27-22(29)13-16-6-4-3-5-7-16/h3-12,14,28H,2,13H2,1H3,(H2,25,27,29,31). The van der Waals surface area contributed by atoms with Gasteiger partial charge >= 0.3 is 0 Å². The smallest absolute Gasteiger partial charge is 0.231 e. The lowest BCUT2D eigenvalue weighted by atomic mass is 10.1. The van der Waals surface area contributed by atoms with E-state index in [1.807, 2.05) is 48.5 Å². The molecule has 3 N–H and O–H groups in total. The molecule has 156 valence electrons. The number of rotatable bonds is 5. The van der Waals surface area contributed by atoms with Crippen LogP contribution in [0.5, 0.6) is 5.75 Å². The lowest BCUT2D eigenvalue weighted by Gasteiger charge is -2.11. The molecule has 0 aliphatic carbocycles. The quantitative estimate of drug-likeness (QED) is 0.310. The normalized spacial score (nSPS) is 10.7. The molecule has 3 aromatic carbocycles. The van der Waals surface area contributed by atoms with E-state index in [2.05, 4.69) is 22.5 Å². The monoisotopic (exact) mass is 431 g/mol. The summed E-state index contributed by atoms with van der Waals surface area (Å²) in [5.41, 5.74) is 4.46. The van der Waals surface area contributed by atoms with Crippen LogP contribution in [0.4, 0.5) is 5.69 Å². The molecule has 0 saturated carbocycles. The fourth-order valence-electron chi connectivity index (χ4n) is 3.21. The van der Waals surface area contributed by atoms with E-state index >= 15 is 0 Å². The molecule has 7 heteroatoms. The van der Waals surface area contributed by atoms with Crippen LogP contribution in [0, 0.1) is 0 Å². The first-order chi connectivity index (χ1) is 15.0. The number of benzene rings is 3. The van der Waals surface area contributed by atoms with Crippen LogP contribution in [0.1, 0.15) is 18.1 Å². The van der Waals surface area contributed by atoms with E-state index in [0.717, 1.165) is 23.1 Å². The van der Waals surface area contributed by atoms with Crippen molar-refractivity contribution in [3.05, 3.63) is 77.9 Å². The van der Waals surface area contributed by atoms with Gasteiger partial charge in [0.1, 0.15) is 11.3 Å². The Morgan fingerprint density at radius 2 is 1.87 bits per heavy atom. The van der Waals surface area contributed by atoms with Crippen LogP contribution >= 0.6 is 12.2 Å². The minimum Gasteiger partial charge on any atom is -0.507 e. The molecule has 6 nitrogen and oxygen atoms in total. The first kappa shape index (κ1) is 20.6. The number of aromatic nitrogens is 1. The van der Waals surface area contributed by atoms with E-state index in [0.29, 0.717) is 22.7 Å². The number of hydrogen-bond donors (Lipinski definition) is 3. The predicted octanol–water partition coefficient (Wildman–Crippen LogP) is 4.82. The number of fused-ring (bicyclic) bond motifs is 1. The molecular weight excluding hydrogens is 410 g/mol. The van der Waals surface area contributed by atoms with Crippen molar-refractivity contribution >= 4 is 40.0 Å². The average molecular weight is 432 g/mol. The summed E-state index contributed by atoms with van der Waals surface area (Å²) in [5, 5.41) is 16.1. The number of nitrogens with one attached hydrogen (secondary N) is 2. The summed E-state index contributed by atoms with van der Waals surface area (Å²) in [5.74, 6) is 0.128. The Morgan fingerprint density at radius 1 is 1.06 bits per heavy atom. The molecule has 0 aliphatic rings. The molecule has 1 heterocycles. The number of hydrogen-bond acceptors (Lipinski definition) is 5. The van der Waals surface area contributed by atoms with Gasteiger partial charge in [0.2, 0.25) is 11.8 Å². The minimum atomic E-state index is -0.214. The van der Waals surface area contributed by atoms with Crippen molar-refractivity contribution in [3.63, 3.8) is 0 Å². The van der Waals surface area contributed by atoms with Gasteiger partial charge in [0, 0.05) is 5.69 Å². The van der Waals surface area contributed by atoms with Crippen molar-refractivity contribution in [2.75, 3.05) is 5.32 Å². The summed E-state index contributed by atoms with van der Waals surface area (Å²) >= 11 is 5.26. The summed E-state index contributed by atoms with van der Waals surface area (Å²) in [6.07, 6.45) is 1.13.